The summed E-state index contributed by atoms with van der Waals surface area (Å²) >= 11 is 0. The fraction of sp³-hybridized carbons (Fsp3) is 0.652. The molecule has 17 nitrogen and oxygen atoms in total. The van der Waals surface area contributed by atoms with E-state index in [1.54, 1.807) is 16.9 Å². The molecule has 4 fully saturated rings. The molecule has 17 heteroatoms. The number of aliphatic carboxylic acids is 1. The smallest absolute Gasteiger partial charge is 0.408 e. The number of hydrogen-bond donors (Lipinski definition) is 4. The normalized spacial score (nSPS) is 26.7. The lowest BCUT2D eigenvalue weighted by Crippen LogP contribution is -2.59. The summed E-state index contributed by atoms with van der Waals surface area (Å²) in [5, 5.41) is 24.6. The molecule has 0 bridgehead atoms. The summed E-state index contributed by atoms with van der Waals surface area (Å²) in [4.78, 5) is 63.8. The monoisotopic (exact) mass is 874 g/mol. The van der Waals surface area contributed by atoms with Crippen molar-refractivity contribution in [3.8, 4) is 17.3 Å². The average molecular weight is 875 g/mol. The van der Waals surface area contributed by atoms with Crippen molar-refractivity contribution in [3.63, 3.8) is 0 Å². The van der Waals surface area contributed by atoms with E-state index in [9.17, 15) is 24.3 Å². The Morgan fingerprint density at radius 3 is 2.40 bits per heavy atom. The minimum absolute atomic E-state index is 0.0126. The molecule has 4 aliphatic rings. The van der Waals surface area contributed by atoms with Crippen molar-refractivity contribution in [2.24, 2.45) is 23.2 Å². The molecule has 4 heterocycles. The van der Waals surface area contributed by atoms with Gasteiger partial charge < -0.3 is 44.9 Å². The second kappa shape index (κ2) is 18.9. The number of carboxylic acid groups (broad SMARTS) is 1. The quantitative estimate of drug-likeness (QED) is 0.146. The van der Waals surface area contributed by atoms with Gasteiger partial charge in [0.05, 0.1) is 25.3 Å². The fourth-order valence-corrected chi connectivity index (χ4v) is 9.16. The molecule has 63 heavy (non-hydrogen) atoms. The van der Waals surface area contributed by atoms with Gasteiger partial charge in [-0.3, -0.25) is 14.5 Å². The van der Waals surface area contributed by atoms with Gasteiger partial charge in [-0.25, -0.2) is 19.3 Å². The number of carbonyl (C=O) groups excluding carboxylic acids is 3. The zero-order valence-electron chi connectivity index (χ0n) is 38.0. The largest absolute Gasteiger partial charge is 0.492 e. The van der Waals surface area contributed by atoms with E-state index in [1.165, 1.54) is 4.90 Å². The number of ether oxygens (including phenoxy) is 4. The van der Waals surface area contributed by atoms with E-state index >= 15 is 0 Å². The van der Waals surface area contributed by atoms with Crippen molar-refractivity contribution in [1.82, 2.24) is 35.2 Å². The van der Waals surface area contributed by atoms with Gasteiger partial charge in [0.2, 0.25) is 11.8 Å². The van der Waals surface area contributed by atoms with Crippen molar-refractivity contribution in [1.29, 1.82) is 0 Å². The van der Waals surface area contributed by atoms with Gasteiger partial charge in [0.25, 0.3) is 0 Å². The summed E-state index contributed by atoms with van der Waals surface area (Å²) in [5.41, 5.74) is -1.61. The molecule has 4 N–H and O–H groups in total. The highest BCUT2D eigenvalue weighted by Crippen LogP contribution is 2.46. The second-order valence-corrected chi connectivity index (χ2v) is 19.4. The Balaban J connectivity index is 1.18. The Bertz CT molecular complexity index is 2120. The maximum atomic E-state index is 14.8. The molecule has 0 radical (unpaired) electrons. The lowest BCUT2D eigenvalue weighted by Gasteiger charge is -2.35. The van der Waals surface area contributed by atoms with Crippen LogP contribution in [0.15, 0.2) is 36.5 Å². The molecule has 2 aliphatic heterocycles. The molecule has 2 saturated heterocycles. The first-order valence-corrected chi connectivity index (χ1v) is 22.6. The number of likely N-dealkylation sites (tertiary alicyclic amines) is 1. The average Bonchev–Trinajstić information content (AvgIpc) is 3.46. The first-order valence-electron chi connectivity index (χ1n) is 22.6. The summed E-state index contributed by atoms with van der Waals surface area (Å²) < 4.78 is 26.0. The van der Waals surface area contributed by atoms with Crippen LogP contribution in [0.3, 0.4) is 0 Å². The minimum Gasteiger partial charge on any atom is -0.492 e. The van der Waals surface area contributed by atoms with E-state index in [2.05, 4.69) is 34.7 Å². The number of rotatable bonds is 16. The van der Waals surface area contributed by atoms with Gasteiger partial charge in [-0.05, 0) is 68.4 Å². The minimum atomic E-state index is -1.41. The summed E-state index contributed by atoms with van der Waals surface area (Å²) in [6.45, 7) is 20.1. The lowest BCUT2D eigenvalue weighted by molar-refractivity contribution is -0.146. The third kappa shape index (κ3) is 10.6. The molecule has 0 spiro atoms. The Labute approximate surface area is 369 Å². The first-order chi connectivity index (χ1) is 29.9. The zero-order valence-corrected chi connectivity index (χ0v) is 38.0. The molecule has 2 saturated carbocycles. The van der Waals surface area contributed by atoms with E-state index in [0.717, 1.165) is 32.5 Å². The molecular formula is C46H66N8O9. The van der Waals surface area contributed by atoms with Gasteiger partial charge in [0.1, 0.15) is 53.8 Å². The van der Waals surface area contributed by atoms with Gasteiger partial charge in [-0.2, -0.15) is 0 Å². The molecule has 3 amide bonds. The molecule has 3 aromatic rings. The summed E-state index contributed by atoms with van der Waals surface area (Å²) in [6.07, 6.45) is 2.57. The third-order valence-electron chi connectivity index (χ3n) is 13.1. The van der Waals surface area contributed by atoms with Crippen LogP contribution in [0, 0.1) is 23.2 Å². The van der Waals surface area contributed by atoms with Crippen molar-refractivity contribution >= 4 is 40.6 Å². The summed E-state index contributed by atoms with van der Waals surface area (Å²) in [6, 6.07) is 7.24. The van der Waals surface area contributed by atoms with Crippen molar-refractivity contribution in [3.05, 3.63) is 36.5 Å². The summed E-state index contributed by atoms with van der Waals surface area (Å²) in [7, 11) is 0. The molecule has 344 valence electrons. The summed E-state index contributed by atoms with van der Waals surface area (Å²) in [5.74, 6) is 0.633. The number of nitrogens with one attached hydrogen (secondary N) is 3. The molecule has 5 unspecified atom stereocenters. The van der Waals surface area contributed by atoms with Gasteiger partial charge in [0.15, 0.2) is 5.82 Å². The van der Waals surface area contributed by atoms with Crippen LogP contribution in [-0.2, 0) is 23.9 Å². The topological polar surface area (TPSA) is 199 Å². The number of anilines is 1. The van der Waals surface area contributed by atoms with Crippen LogP contribution in [0.5, 0.6) is 11.5 Å². The zero-order chi connectivity index (χ0) is 45.2. The predicted molar refractivity (Wildman–Crippen MR) is 236 cm³/mol. The molecule has 2 aliphatic carbocycles. The Morgan fingerprint density at radius 2 is 1.75 bits per heavy atom. The van der Waals surface area contributed by atoms with E-state index in [-0.39, 0.29) is 31.0 Å². The number of alkyl carbamates (subject to hydrolysis) is 1. The number of fused-ring (bicyclic) bond motifs is 1. The number of aromatic nitrogens is 3. The lowest BCUT2D eigenvalue weighted by atomic mass is 9.85. The van der Waals surface area contributed by atoms with Crippen LogP contribution in [-0.4, -0.2) is 135 Å². The molecule has 2 aromatic heterocycles. The maximum Gasteiger partial charge on any atom is 0.408 e. The maximum absolute atomic E-state index is 14.8. The fourth-order valence-electron chi connectivity index (χ4n) is 9.16. The van der Waals surface area contributed by atoms with E-state index in [4.69, 9.17) is 29.0 Å². The van der Waals surface area contributed by atoms with Crippen LogP contribution in [0.25, 0.3) is 16.7 Å². The van der Waals surface area contributed by atoms with Gasteiger partial charge in [0, 0.05) is 61.9 Å². The Kier molecular flexibility index (Phi) is 13.8. The van der Waals surface area contributed by atoms with Crippen LogP contribution >= 0.6 is 0 Å². The number of amides is 3. The first kappa shape index (κ1) is 45.9. The van der Waals surface area contributed by atoms with Crippen LogP contribution in [0.1, 0.15) is 87.5 Å². The highest BCUT2D eigenvalue weighted by atomic mass is 16.6. The Morgan fingerprint density at radius 1 is 1.02 bits per heavy atom. The van der Waals surface area contributed by atoms with Gasteiger partial charge in [-0.1, -0.05) is 48.0 Å². The molecule has 1 aromatic carbocycles. The van der Waals surface area contributed by atoms with Crippen LogP contribution in [0.4, 0.5) is 10.6 Å². The number of nitrogens with zero attached hydrogens (tertiary/aromatic N) is 5. The molecule has 7 rings (SSSR count). The number of benzene rings is 1. The van der Waals surface area contributed by atoms with E-state index in [0.29, 0.717) is 78.5 Å². The third-order valence-corrected chi connectivity index (χ3v) is 13.1. The predicted octanol–water partition coefficient (Wildman–Crippen LogP) is 5.25. The van der Waals surface area contributed by atoms with Crippen LogP contribution < -0.4 is 25.4 Å². The van der Waals surface area contributed by atoms with E-state index in [1.807, 2.05) is 65.8 Å². The van der Waals surface area contributed by atoms with E-state index < -0.39 is 53.0 Å². The number of carboxylic acids is 1. The standard InChI is InChI=1S/C46H66N8O9/c1-9-30-25-46(30,43(57)58)50-41(55)36-23-33(26-53(36)42(56)40(45(6,7)8)49-44(59)63-32-20-28(4)29(5)21-32)62-37-24-39(54-13-12-38(51-54)47-27(2)3)48-35-22-31(10-11-34(35)37)61-19-16-52-14-17-60-18-15-52/h10-13,22,24,27-30,32-33,36,40H,9,14-21,23,25-26H2,1-8H3,(H,47,51)(H,49,59)(H,50,55)(H,57,58)/t28?,29?,30?,32?,33-,36?,40?,46-/m1/s1. The SMILES string of the molecule is CCC1C[C@]1(NC(=O)C1C[C@@H](Oc2cc(-n3ccc(NC(C)C)n3)nc3cc(OCCN4CCOCC4)ccc23)CN1C(=O)C(NC(=O)OC1CC(C)C(C)C1)C(C)(C)C)C(=O)O. The van der Waals surface area contributed by atoms with Crippen molar-refractivity contribution in [2.75, 3.05) is 51.3 Å². The number of carbonyl (C=O) groups is 4. The number of hydrogen-bond acceptors (Lipinski definition) is 12. The number of morpholine rings is 1. The highest BCUT2D eigenvalue weighted by molar-refractivity contribution is 5.96. The number of pyridine rings is 1. The van der Waals surface area contributed by atoms with Crippen LogP contribution in [0.2, 0.25) is 0 Å². The van der Waals surface area contributed by atoms with Crippen molar-refractivity contribution in [2.45, 2.75) is 123 Å². The second-order valence-electron chi connectivity index (χ2n) is 19.4. The van der Waals surface area contributed by atoms with Gasteiger partial charge in [-0.15, -0.1) is 5.10 Å². The highest BCUT2D eigenvalue weighted by Gasteiger charge is 2.61. The Hall–Kier alpha value is -5.16. The molecular weight excluding hydrogens is 809 g/mol. The van der Waals surface area contributed by atoms with Crippen molar-refractivity contribution < 1.29 is 43.2 Å². The molecule has 7 atom stereocenters. The van der Waals surface area contributed by atoms with Gasteiger partial charge >= 0.3 is 12.1 Å².